The Bertz CT molecular complexity index is 839. The van der Waals surface area contributed by atoms with Crippen LogP contribution in [0.5, 0.6) is 5.75 Å². The minimum atomic E-state index is -1.03. The fourth-order valence-corrected chi connectivity index (χ4v) is 3.14. The van der Waals surface area contributed by atoms with Crippen LogP contribution in [0.15, 0.2) is 48.5 Å². The summed E-state index contributed by atoms with van der Waals surface area (Å²) in [5.74, 6) is -2.22. The Kier molecular flexibility index (Phi) is 8.49. The Balaban J connectivity index is 2.09. The molecule has 0 radical (unpaired) electrons. The maximum Gasteiger partial charge on any atom is 0.320 e. The molecule has 6 nitrogen and oxygen atoms in total. The Morgan fingerprint density at radius 3 is 2.41 bits per heavy atom. The third-order valence-corrected chi connectivity index (χ3v) is 4.85. The predicted octanol–water partition coefficient (Wildman–Crippen LogP) is 4.18. The van der Waals surface area contributed by atoms with E-state index in [4.69, 9.17) is 16.3 Å². The first-order chi connectivity index (χ1) is 13.8. The molecule has 0 aliphatic rings. The van der Waals surface area contributed by atoms with Crippen molar-refractivity contribution in [2.24, 2.45) is 5.92 Å². The molecule has 0 fully saturated rings. The molecule has 2 aromatic rings. The number of halogens is 1. The molecule has 2 rings (SSSR count). The van der Waals surface area contributed by atoms with Crippen LogP contribution in [0, 0.1) is 5.92 Å². The van der Waals surface area contributed by atoms with Crippen LogP contribution in [-0.2, 0) is 16.2 Å². The summed E-state index contributed by atoms with van der Waals surface area (Å²) in [5.41, 5.74) is 1.37. The zero-order valence-electron chi connectivity index (χ0n) is 16.5. The number of hydrogen-bond acceptors (Lipinski definition) is 4. The first-order valence-electron chi connectivity index (χ1n) is 9.43. The van der Waals surface area contributed by atoms with Crippen LogP contribution in [0.2, 0.25) is 5.02 Å². The van der Waals surface area contributed by atoms with Gasteiger partial charge in [-0.15, -0.1) is 0 Å². The van der Waals surface area contributed by atoms with Crippen LogP contribution in [0.3, 0.4) is 0 Å². The number of nitrogens with one attached hydrogen (secondary N) is 1. The highest BCUT2D eigenvalue weighted by molar-refractivity contribution is 6.31. The minimum absolute atomic E-state index is 0.00693. The maximum absolute atomic E-state index is 11.8. The monoisotopic (exact) mass is 419 g/mol. The minimum Gasteiger partial charge on any atom is -0.489 e. The van der Waals surface area contributed by atoms with Crippen molar-refractivity contribution < 1.29 is 24.5 Å². The molecular formula is C22H26ClNO5. The van der Waals surface area contributed by atoms with Gasteiger partial charge in [0.1, 0.15) is 18.4 Å². The van der Waals surface area contributed by atoms with E-state index >= 15 is 0 Å². The van der Waals surface area contributed by atoms with Crippen molar-refractivity contribution in [2.75, 3.05) is 6.54 Å². The van der Waals surface area contributed by atoms with Gasteiger partial charge in [0.05, 0.1) is 5.92 Å². The molecule has 0 heterocycles. The molecule has 2 atom stereocenters. The highest BCUT2D eigenvalue weighted by atomic mass is 35.5. The number of hydrogen-bond donors (Lipinski definition) is 3. The Hall–Kier alpha value is -2.57. The van der Waals surface area contributed by atoms with Crippen molar-refractivity contribution in [1.29, 1.82) is 0 Å². The summed E-state index contributed by atoms with van der Waals surface area (Å²) < 4.78 is 5.77. The zero-order chi connectivity index (χ0) is 21.4. The van der Waals surface area contributed by atoms with Gasteiger partial charge in [-0.05, 0) is 36.1 Å². The quantitative estimate of drug-likeness (QED) is 0.505. The fraction of sp³-hybridized carbons (Fsp3) is 0.364. The highest BCUT2D eigenvalue weighted by Crippen LogP contribution is 2.23. The lowest BCUT2D eigenvalue weighted by atomic mass is 9.97. The summed E-state index contributed by atoms with van der Waals surface area (Å²) in [6, 6.07) is 13.4. The molecule has 3 N–H and O–H groups in total. The number of benzene rings is 2. The number of ether oxygens (including phenoxy) is 1. The van der Waals surface area contributed by atoms with E-state index in [0.717, 1.165) is 5.56 Å². The average molecular weight is 420 g/mol. The second kappa shape index (κ2) is 10.8. The molecule has 156 valence electrons. The standard InChI is InChI=1S/C22H26ClNO5/c1-14(2)10-20(22(27)28)24-12-18(21(25)26)15-7-5-8-17(11-15)29-13-16-6-3-4-9-19(16)23/h3-9,11,14,18,20,24H,10,12-13H2,1-2H3,(H,25,26)(H,27,28). The molecule has 0 aliphatic carbocycles. The van der Waals surface area contributed by atoms with Crippen LogP contribution in [0.1, 0.15) is 37.3 Å². The molecule has 2 unspecified atom stereocenters. The number of rotatable bonds is 11. The maximum atomic E-state index is 11.8. The van der Waals surface area contributed by atoms with E-state index in [2.05, 4.69) is 5.32 Å². The second-order valence-corrected chi connectivity index (χ2v) is 7.68. The Morgan fingerprint density at radius 1 is 1.07 bits per heavy atom. The second-order valence-electron chi connectivity index (χ2n) is 7.27. The van der Waals surface area contributed by atoms with E-state index < -0.39 is 23.9 Å². The van der Waals surface area contributed by atoms with E-state index in [0.29, 0.717) is 22.8 Å². The van der Waals surface area contributed by atoms with Crippen LogP contribution >= 0.6 is 11.6 Å². The largest absolute Gasteiger partial charge is 0.489 e. The average Bonchev–Trinajstić information content (AvgIpc) is 2.66. The van der Waals surface area contributed by atoms with E-state index in [-0.39, 0.29) is 19.1 Å². The highest BCUT2D eigenvalue weighted by Gasteiger charge is 2.25. The molecule has 29 heavy (non-hydrogen) atoms. The van der Waals surface area contributed by atoms with Gasteiger partial charge in [0, 0.05) is 17.1 Å². The van der Waals surface area contributed by atoms with Crippen molar-refractivity contribution in [3.05, 3.63) is 64.7 Å². The van der Waals surface area contributed by atoms with Gasteiger partial charge in [0.25, 0.3) is 0 Å². The van der Waals surface area contributed by atoms with Crippen molar-refractivity contribution in [3.63, 3.8) is 0 Å². The van der Waals surface area contributed by atoms with E-state index in [1.54, 1.807) is 30.3 Å². The van der Waals surface area contributed by atoms with Crippen molar-refractivity contribution >= 4 is 23.5 Å². The molecule has 0 amide bonds. The van der Waals surface area contributed by atoms with Gasteiger partial charge < -0.3 is 20.3 Å². The molecule has 0 saturated heterocycles. The summed E-state index contributed by atoms with van der Waals surface area (Å²) in [4.78, 5) is 23.2. The number of carboxylic acids is 2. The normalized spacial score (nSPS) is 13.1. The lowest BCUT2D eigenvalue weighted by Gasteiger charge is -2.20. The summed E-state index contributed by atoms with van der Waals surface area (Å²) in [5, 5.41) is 22.5. The first-order valence-corrected chi connectivity index (χ1v) is 9.81. The summed E-state index contributed by atoms with van der Waals surface area (Å²) in [7, 11) is 0. The van der Waals surface area contributed by atoms with Crippen molar-refractivity contribution in [3.8, 4) is 5.75 Å². The van der Waals surface area contributed by atoms with E-state index in [9.17, 15) is 19.8 Å². The molecule has 2 aromatic carbocycles. The van der Waals surface area contributed by atoms with Gasteiger partial charge in [-0.3, -0.25) is 9.59 Å². The van der Waals surface area contributed by atoms with Gasteiger partial charge in [-0.2, -0.15) is 0 Å². The summed E-state index contributed by atoms with van der Waals surface area (Å²) in [6.45, 7) is 4.11. The summed E-state index contributed by atoms with van der Waals surface area (Å²) >= 11 is 6.13. The third-order valence-electron chi connectivity index (χ3n) is 4.48. The fourth-order valence-electron chi connectivity index (χ4n) is 2.95. The molecule has 0 bridgehead atoms. The molecule has 7 heteroatoms. The van der Waals surface area contributed by atoms with Gasteiger partial charge in [-0.25, -0.2) is 0 Å². The third kappa shape index (κ3) is 7.07. The first kappa shape index (κ1) is 22.7. The molecular weight excluding hydrogens is 394 g/mol. The Morgan fingerprint density at radius 2 is 1.79 bits per heavy atom. The molecule has 0 aromatic heterocycles. The molecule has 0 saturated carbocycles. The topological polar surface area (TPSA) is 95.9 Å². The number of carboxylic acid groups (broad SMARTS) is 2. The zero-order valence-corrected chi connectivity index (χ0v) is 17.2. The van der Waals surface area contributed by atoms with Crippen molar-refractivity contribution in [2.45, 2.75) is 38.8 Å². The van der Waals surface area contributed by atoms with Crippen molar-refractivity contribution in [1.82, 2.24) is 5.32 Å². The lowest BCUT2D eigenvalue weighted by molar-refractivity contribution is -0.142. The predicted molar refractivity (Wildman–Crippen MR) is 111 cm³/mol. The SMILES string of the molecule is CC(C)CC(NCC(C(=O)O)c1cccc(OCc2ccccc2Cl)c1)C(=O)O. The number of carbonyl (C=O) groups is 2. The van der Waals surface area contributed by atoms with E-state index in [1.165, 1.54) is 0 Å². The van der Waals surface area contributed by atoms with E-state index in [1.807, 2.05) is 32.0 Å². The molecule has 0 aliphatic heterocycles. The van der Waals surface area contributed by atoms with Gasteiger partial charge in [0.15, 0.2) is 0 Å². The molecule has 0 spiro atoms. The van der Waals surface area contributed by atoms with Gasteiger partial charge in [0.2, 0.25) is 0 Å². The smallest absolute Gasteiger partial charge is 0.320 e. The summed E-state index contributed by atoms with van der Waals surface area (Å²) in [6.07, 6.45) is 0.419. The van der Waals surface area contributed by atoms with Crippen LogP contribution in [0.4, 0.5) is 0 Å². The lowest BCUT2D eigenvalue weighted by Crippen LogP contribution is -2.41. The van der Waals surface area contributed by atoms with Crippen LogP contribution < -0.4 is 10.1 Å². The van der Waals surface area contributed by atoms with Crippen LogP contribution in [-0.4, -0.2) is 34.7 Å². The Labute approximate surface area is 175 Å². The number of aliphatic carboxylic acids is 2. The van der Waals surface area contributed by atoms with Gasteiger partial charge in [-0.1, -0.05) is 55.8 Å². The van der Waals surface area contributed by atoms with Gasteiger partial charge >= 0.3 is 11.9 Å². The van der Waals surface area contributed by atoms with Crippen LogP contribution in [0.25, 0.3) is 0 Å².